The van der Waals surface area contributed by atoms with Crippen LogP contribution in [0.1, 0.15) is 18.6 Å². The summed E-state index contributed by atoms with van der Waals surface area (Å²) in [4.78, 5) is 11.7. The van der Waals surface area contributed by atoms with Gasteiger partial charge in [0.05, 0.1) is 6.61 Å². The molecule has 0 aliphatic carbocycles. The highest BCUT2D eigenvalue weighted by Crippen LogP contribution is 2.23. The highest BCUT2D eigenvalue weighted by molar-refractivity contribution is 6.34. The first-order valence-corrected chi connectivity index (χ1v) is 6.13. The van der Waals surface area contributed by atoms with E-state index < -0.39 is 12.0 Å². The lowest BCUT2D eigenvalue weighted by atomic mass is 10.1. The van der Waals surface area contributed by atoms with Crippen LogP contribution in [0.2, 0.25) is 10.0 Å². The molecule has 0 aromatic heterocycles. The summed E-state index contributed by atoms with van der Waals surface area (Å²) in [5.74, 6) is -0.516. The molecule has 1 amide bonds. The van der Waals surface area contributed by atoms with Crippen molar-refractivity contribution in [2.45, 2.75) is 19.1 Å². The molecule has 1 aromatic rings. The van der Waals surface area contributed by atoms with E-state index in [0.717, 1.165) is 0 Å². The van der Waals surface area contributed by atoms with Crippen LogP contribution in [0.4, 0.5) is 0 Å². The van der Waals surface area contributed by atoms with Crippen LogP contribution in [-0.4, -0.2) is 30.8 Å². The lowest BCUT2D eigenvalue weighted by molar-refractivity contribution is -0.130. The van der Waals surface area contributed by atoms with E-state index in [1.807, 2.05) is 0 Å². The summed E-state index contributed by atoms with van der Waals surface area (Å²) in [6.07, 6.45) is -1.31. The summed E-state index contributed by atoms with van der Waals surface area (Å²) >= 11 is 11.6. The average Bonchev–Trinajstić information content (AvgIpc) is 2.26. The van der Waals surface area contributed by atoms with Crippen LogP contribution >= 0.6 is 23.2 Å². The van der Waals surface area contributed by atoms with Gasteiger partial charge in [-0.3, -0.25) is 4.79 Å². The Morgan fingerprint density at radius 2 is 1.94 bits per heavy atom. The standard InChI is InChI=1S/C12H15Cl2NO3/c1-7(6-18-2)15-12(17)11(16)8-3-9(13)5-10(14)4-8/h3-5,7,11,16H,6H2,1-2H3,(H,15,17). The molecule has 0 spiro atoms. The summed E-state index contributed by atoms with van der Waals surface area (Å²) in [6.45, 7) is 2.15. The smallest absolute Gasteiger partial charge is 0.253 e. The zero-order valence-corrected chi connectivity index (χ0v) is 11.6. The van der Waals surface area contributed by atoms with E-state index >= 15 is 0 Å². The number of hydrogen-bond acceptors (Lipinski definition) is 3. The van der Waals surface area contributed by atoms with Crippen molar-refractivity contribution in [1.29, 1.82) is 0 Å². The van der Waals surface area contributed by atoms with E-state index in [1.54, 1.807) is 6.92 Å². The highest BCUT2D eigenvalue weighted by Gasteiger charge is 2.19. The Balaban J connectivity index is 2.73. The number of amides is 1. The molecule has 2 atom stereocenters. The number of methoxy groups -OCH3 is 1. The summed E-state index contributed by atoms with van der Waals surface area (Å²) < 4.78 is 4.89. The lowest BCUT2D eigenvalue weighted by Gasteiger charge is -2.16. The quantitative estimate of drug-likeness (QED) is 0.874. The van der Waals surface area contributed by atoms with Gasteiger partial charge in [0.25, 0.3) is 5.91 Å². The maximum Gasteiger partial charge on any atom is 0.253 e. The fourth-order valence-electron chi connectivity index (χ4n) is 1.50. The number of hydrogen-bond donors (Lipinski definition) is 2. The van der Waals surface area contributed by atoms with Crippen LogP contribution in [0, 0.1) is 0 Å². The molecule has 0 fully saturated rings. The first-order chi connectivity index (χ1) is 8.43. The van der Waals surface area contributed by atoms with Gasteiger partial charge >= 0.3 is 0 Å². The minimum atomic E-state index is -1.31. The van der Waals surface area contributed by atoms with Crippen molar-refractivity contribution < 1.29 is 14.6 Å². The third-order valence-electron chi connectivity index (χ3n) is 2.25. The van der Waals surface area contributed by atoms with Gasteiger partial charge in [-0.2, -0.15) is 0 Å². The summed E-state index contributed by atoms with van der Waals surface area (Å²) in [5.41, 5.74) is 0.356. The molecule has 6 heteroatoms. The number of aliphatic hydroxyl groups excluding tert-OH is 1. The van der Waals surface area contributed by atoms with Gasteiger partial charge in [0, 0.05) is 23.2 Å². The second-order valence-corrected chi connectivity index (χ2v) is 4.84. The van der Waals surface area contributed by atoms with Crippen LogP contribution in [0.25, 0.3) is 0 Å². The average molecular weight is 292 g/mol. The van der Waals surface area contributed by atoms with Crippen molar-refractivity contribution in [1.82, 2.24) is 5.32 Å². The minimum Gasteiger partial charge on any atom is -0.383 e. The van der Waals surface area contributed by atoms with Gasteiger partial charge in [-0.15, -0.1) is 0 Å². The highest BCUT2D eigenvalue weighted by atomic mass is 35.5. The number of halogens is 2. The molecule has 100 valence electrons. The van der Waals surface area contributed by atoms with Gasteiger partial charge in [-0.05, 0) is 30.7 Å². The van der Waals surface area contributed by atoms with E-state index in [2.05, 4.69) is 5.32 Å². The van der Waals surface area contributed by atoms with Crippen molar-refractivity contribution >= 4 is 29.1 Å². The zero-order valence-electron chi connectivity index (χ0n) is 10.1. The predicted octanol–water partition coefficient (Wildman–Crippen LogP) is 2.18. The molecule has 0 saturated heterocycles. The SMILES string of the molecule is COCC(C)NC(=O)C(O)c1cc(Cl)cc(Cl)c1. The Hall–Kier alpha value is -0.810. The van der Waals surface area contributed by atoms with Gasteiger partial charge < -0.3 is 15.2 Å². The third kappa shape index (κ3) is 4.46. The van der Waals surface area contributed by atoms with E-state index in [9.17, 15) is 9.90 Å². The third-order valence-corrected chi connectivity index (χ3v) is 2.69. The van der Waals surface area contributed by atoms with Crippen molar-refractivity contribution in [2.24, 2.45) is 0 Å². The topological polar surface area (TPSA) is 58.6 Å². The van der Waals surface area contributed by atoms with Crippen molar-refractivity contribution in [3.05, 3.63) is 33.8 Å². The first-order valence-electron chi connectivity index (χ1n) is 5.37. The number of rotatable bonds is 5. The Morgan fingerprint density at radius 3 is 2.44 bits per heavy atom. The molecule has 1 rings (SSSR count). The lowest BCUT2D eigenvalue weighted by Crippen LogP contribution is -2.38. The van der Waals surface area contributed by atoms with Gasteiger partial charge in [0.15, 0.2) is 6.10 Å². The molecule has 0 aliphatic heterocycles. The monoisotopic (exact) mass is 291 g/mol. The van der Waals surface area contributed by atoms with E-state index in [0.29, 0.717) is 22.2 Å². The number of aliphatic hydroxyl groups is 1. The Bertz CT molecular complexity index is 406. The Kier molecular flexibility index (Phi) is 5.88. The fourth-order valence-corrected chi connectivity index (χ4v) is 2.04. The molecular weight excluding hydrogens is 277 g/mol. The largest absolute Gasteiger partial charge is 0.383 e. The minimum absolute atomic E-state index is 0.188. The number of carbonyl (C=O) groups is 1. The van der Waals surface area contributed by atoms with E-state index in [1.165, 1.54) is 25.3 Å². The Morgan fingerprint density at radius 1 is 1.39 bits per heavy atom. The van der Waals surface area contributed by atoms with E-state index in [4.69, 9.17) is 27.9 Å². The van der Waals surface area contributed by atoms with Gasteiger partial charge in [0.1, 0.15) is 0 Å². The predicted molar refractivity (Wildman–Crippen MR) is 70.9 cm³/mol. The van der Waals surface area contributed by atoms with Crippen molar-refractivity contribution in [3.63, 3.8) is 0 Å². The molecule has 18 heavy (non-hydrogen) atoms. The van der Waals surface area contributed by atoms with Gasteiger partial charge in [-0.25, -0.2) is 0 Å². The molecule has 0 saturated carbocycles. The van der Waals surface area contributed by atoms with Crippen LogP contribution < -0.4 is 5.32 Å². The maximum atomic E-state index is 11.7. The van der Waals surface area contributed by atoms with Crippen LogP contribution in [0.3, 0.4) is 0 Å². The fraction of sp³-hybridized carbons (Fsp3) is 0.417. The number of nitrogens with one attached hydrogen (secondary N) is 1. The van der Waals surface area contributed by atoms with Crippen molar-refractivity contribution in [2.75, 3.05) is 13.7 Å². The molecule has 2 N–H and O–H groups in total. The molecule has 0 radical (unpaired) electrons. The van der Waals surface area contributed by atoms with Crippen LogP contribution in [0.5, 0.6) is 0 Å². The molecule has 0 aliphatic rings. The number of ether oxygens (including phenoxy) is 1. The molecule has 1 aromatic carbocycles. The zero-order chi connectivity index (χ0) is 13.7. The first kappa shape index (κ1) is 15.2. The molecule has 0 heterocycles. The van der Waals surface area contributed by atoms with Crippen LogP contribution in [0.15, 0.2) is 18.2 Å². The molecule has 2 unspecified atom stereocenters. The maximum absolute atomic E-state index is 11.7. The van der Waals surface area contributed by atoms with Gasteiger partial charge in [0.2, 0.25) is 0 Å². The summed E-state index contributed by atoms with van der Waals surface area (Å²) in [6, 6.07) is 4.34. The molecular formula is C12H15Cl2NO3. The number of benzene rings is 1. The molecule has 4 nitrogen and oxygen atoms in total. The summed E-state index contributed by atoms with van der Waals surface area (Å²) in [5, 5.41) is 13.2. The van der Waals surface area contributed by atoms with Crippen molar-refractivity contribution in [3.8, 4) is 0 Å². The second kappa shape index (κ2) is 6.95. The van der Waals surface area contributed by atoms with Crippen LogP contribution in [-0.2, 0) is 9.53 Å². The Labute approximate surface area is 116 Å². The van der Waals surface area contributed by atoms with Gasteiger partial charge in [-0.1, -0.05) is 23.2 Å². The van der Waals surface area contributed by atoms with E-state index in [-0.39, 0.29) is 6.04 Å². The molecule has 0 bridgehead atoms. The normalized spacial score (nSPS) is 14.1. The second-order valence-electron chi connectivity index (χ2n) is 3.97. The summed E-state index contributed by atoms with van der Waals surface area (Å²) in [7, 11) is 1.54. The number of carbonyl (C=O) groups excluding carboxylic acids is 1.